The Bertz CT molecular complexity index is 1420. The first-order valence-corrected chi connectivity index (χ1v) is 12.9. The first-order chi connectivity index (χ1) is 18.4. The van der Waals surface area contributed by atoms with Crippen LogP contribution in [-0.2, 0) is 11.0 Å². The number of halogens is 3. The number of benzene rings is 1. The van der Waals surface area contributed by atoms with Crippen LogP contribution in [0.5, 0.6) is 5.75 Å². The highest BCUT2D eigenvalue weighted by molar-refractivity contribution is 6.09. The van der Waals surface area contributed by atoms with Crippen molar-refractivity contribution >= 4 is 22.8 Å². The number of carbonyl (C=O) groups is 2. The van der Waals surface area contributed by atoms with Crippen molar-refractivity contribution in [1.29, 1.82) is 0 Å². The van der Waals surface area contributed by atoms with Gasteiger partial charge in [0.1, 0.15) is 29.4 Å². The number of hydrogen-bond donors (Lipinski definition) is 3. The molecule has 12 heteroatoms. The quantitative estimate of drug-likeness (QED) is 0.415. The van der Waals surface area contributed by atoms with Crippen LogP contribution in [0.25, 0.3) is 22.3 Å². The van der Waals surface area contributed by atoms with Crippen LogP contribution in [0.4, 0.5) is 13.2 Å². The van der Waals surface area contributed by atoms with Crippen molar-refractivity contribution < 1.29 is 32.6 Å². The van der Waals surface area contributed by atoms with Gasteiger partial charge in [-0.3, -0.25) is 9.59 Å². The van der Waals surface area contributed by atoms with Crippen molar-refractivity contribution in [2.45, 2.75) is 64.4 Å². The van der Waals surface area contributed by atoms with Gasteiger partial charge in [0.25, 0.3) is 11.8 Å². The fraction of sp³-hybridized carbons (Fsp3) is 0.481. The molecule has 39 heavy (non-hydrogen) atoms. The Kier molecular flexibility index (Phi) is 7.00. The van der Waals surface area contributed by atoms with Crippen LogP contribution < -0.4 is 10.1 Å². The Hall–Kier alpha value is -3.67. The van der Waals surface area contributed by atoms with Crippen LogP contribution in [0.3, 0.4) is 0 Å². The van der Waals surface area contributed by atoms with E-state index >= 15 is 0 Å². The van der Waals surface area contributed by atoms with Gasteiger partial charge < -0.3 is 25.0 Å². The lowest BCUT2D eigenvalue weighted by Gasteiger charge is -2.22. The third-order valence-corrected chi connectivity index (χ3v) is 7.28. The van der Waals surface area contributed by atoms with Gasteiger partial charge in [-0.2, -0.15) is 13.2 Å². The van der Waals surface area contributed by atoms with Gasteiger partial charge in [0.2, 0.25) is 0 Å². The molecule has 1 aliphatic carbocycles. The number of fused-ring (bicyclic) bond motifs is 1. The molecule has 3 aromatic rings. The minimum Gasteiger partial charge on any atom is -0.493 e. The van der Waals surface area contributed by atoms with Crippen molar-refractivity contribution in [3.63, 3.8) is 0 Å². The lowest BCUT2D eigenvalue weighted by molar-refractivity contribution is -0.140. The average Bonchev–Trinajstić information content (AvgIpc) is 3.54. The maximum atomic E-state index is 13.6. The summed E-state index contributed by atoms with van der Waals surface area (Å²) in [6.45, 7) is 5.58. The van der Waals surface area contributed by atoms with E-state index in [1.807, 2.05) is 6.92 Å². The number of rotatable bonds is 7. The van der Waals surface area contributed by atoms with E-state index in [0.717, 1.165) is 25.0 Å². The van der Waals surface area contributed by atoms with Gasteiger partial charge in [0, 0.05) is 29.9 Å². The van der Waals surface area contributed by atoms with E-state index in [1.165, 1.54) is 24.2 Å². The molecular formula is C27H30F3N5O4. The maximum absolute atomic E-state index is 13.6. The van der Waals surface area contributed by atoms with Crippen LogP contribution in [0.1, 0.15) is 54.7 Å². The minimum atomic E-state index is -4.56. The van der Waals surface area contributed by atoms with E-state index in [-0.39, 0.29) is 46.7 Å². The average molecular weight is 546 g/mol. The van der Waals surface area contributed by atoms with Gasteiger partial charge in [-0.05, 0) is 64.2 Å². The number of H-pyrrole nitrogens is 1. The Morgan fingerprint density at radius 3 is 2.69 bits per heavy atom. The number of aryl methyl sites for hydroxylation is 1. The molecule has 1 saturated carbocycles. The van der Waals surface area contributed by atoms with Crippen molar-refractivity contribution in [2.75, 3.05) is 13.2 Å². The molecule has 1 aromatic carbocycles. The number of aromatic nitrogens is 3. The fourth-order valence-electron chi connectivity index (χ4n) is 5.05. The summed E-state index contributed by atoms with van der Waals surface area (Å²) in [7, 11) is 0. The number of alkyl halides is 3. The molecule has 0 spiro atoms. The highest BCUT2D eigenvalue weighted by Gasteiger charge is 2.36. The number of nitrogens with zero attached hydrogens (tertiary/aromatic N) is 3. The molecule has 5 rings (SSSR count). The highest BCUT2D eigenvalue weighted by Crippen LogP contribution is 2.40. The molecule has 208 valence electrons. The maximum Gasteiger partial charge on any atom is 0.416 e. The fourth-order valence-corrected chi connectivity index (χ4v) is 5.05. The molecule has 3 unspecified atom stereocenters. The topological polar surface area (TPSA) is 120 Å². The third kappa shape index (κ3) is 5.42. The van der Waals surface area contributed by atoms with Crippen LogP contribution in [0, 0.1) is 12.8 Å². The molecular weight excluding hydrogens is 515 g/mol. The predicted octanol–water partition coefficient (Wildman–Crippen LogP) is 3.84. The van der Waals surface area contributed by atoms with Gasteiger partial charge in [-0.1, -0.05) is 0 Å². The number of nitrogens with one attached hydrogen (secondary N) is 2. The predicted molar refractivity (Wildman–Crippen MR) is 136 cm³/mol. The standard InChI is InChI=1S/C27H30F3N5O4/c1-13-8-18(10-35(13)26(38)15(3)36)34-25(37)21-14(2)33-24-22(31-12-32-23(21)24)19-9-17(27(28,29)30)6-7-20(19)39-11-16-4-5-16/h6-7,9,12-13,15-16,18,33,36H,4-5,8,10-11H2,1-3H3,(H,34,37). The SMILES string of the molecule is Cc1[nH]c2c(-c3cc(C(F)(F)F)ccc3OCC3CC3)ncnc2c1C(=O)NC1CC(C)N(C(=O)C(C)O)C1. The van der Waals surface area contributed by atoms with Crippen LogP contribution in [-0.4, -0.2) is 68.1 Å². The molecule has 2 aliphatic rings. The smallest absolute Gasteiger partial charge is 0.416 e. The molecule has 9 nitrogen and oxygen atoms in total. The number of likely N-dealkylation sites (tertiary alicyclic amines) is 1. The number of aromatic amines is 1. The Morgan fingerprint density at radius 2 is 2.03 bits per heavy atom. The van der Waals surface area contributed by atoms with E-state index in [1.54, 1.807) is 6.92 Å². The normalized spacial score (nSPS) is 20.3. The molecule has 0 radical (unpaired) electrons. The highest BCUT2D eigenvalue weighted by atomic mass is 19.4. The van der Waals surface area contributed by atoms with E-state index in [0.29, 0.717) is 30.2 Å². The van der Waals surface area contributed by atoms with E-state index in [4.69, 9.17) is 4.74 Å². The lowest BCUT2D eigenvalue weighted by atomic mass is 10.0. The number of amides is 2. The van der Waals surface area contributed by atoms with Crippen LogP contribution in [0.2, 0.25) is 0 Å². The summed E-state index contributed by atoms with van der Waals surface area (Å²) in [5, 5.41) is 12.6. The number of aliphatic hydroxyl groups excluding tert-OH is 1. The Morgan fingerprint density at radius 1 is 1.28 bits per heavy atom. The van der Waals surface area contributed by atoms with Crippen LogP contribution in [0.15, 0.2) is 24.5 Å². The van der Waals surface area contributed by atoms with Gasteiger partial charge >= 0.3 is 6.18 Å². The van der Waals surface area contributed by atoms with E-state index in [9.17, 15) is 27.9 Å². The van der Waals surface area contributed by atoms with Gasteiger partial charge in [-0.25, -0.2) is 9.97 Å². The summed E-state index contributed by atoms with van der Waals surface area (Å²) < 4.78 is 46.7. The summed E-state index contributed by atoms with van der Waals surface area (Å²) in [6.07, 6.45) is -1.93. The van der Waals surface area contributed by atoms with Crippen molar-refractivity contribution in [2.24, 2.45) is 5.92 Å². The first-order valence-electron chi connectivity index (χ1n) is 12.9. The van der Waals surface area contributed by atoms with E-state index < -0.39 is 29.7 Å². The van der Waals surface area contributed by atoms with Gasteiger partial charge in [0.15, 0.2) is 0 Å². The Balaban J connectivity index is 1.48. The molecule has 1 aliphatic heterocycles. The zero-order valence-electron chi connectivity index (χ0n) is 21.8. The molecule has 0 bridgehead atoms. The second-order valence-corrected chi connectivity index (χ2v) is 10.5. The summed E-state index contributed by atoms with van der Waals surface area (Å²) in [4.78, 5) is 38.9. The number of aliphatic hydroxyl groups is 1. The third-order valence-electron chi connectivity index (χ3n) is 7.28. The van der Waals surface area contributed by atoms with Crippen molar-refractivity contribution in [3.05, 3.63) is 41.3 Å². The zero-order chi connectivity index (χ0) is 28.1. The Labute approximate surface area is 222 Å². The van der Waals surface area contributed by atoms with E-state index in [2.05, 4.69) is 20.3 Å². The molecule has 3 heterocycles. The summed E-state index contributed by atoms with van der Waals surface area (Å²) in [5.41, 5.74) is 0.819. The molecule has 2 aromatic heterocycles. The molecule has 3 N–H and O–H groups in total. The number of hydrogen-bond acceptors (Lipinski definition) is 6. The molecule has 1 saturated heterocycles. The van der Waals surface area contributed by atoms with Crippen molar-refractivity contribution in [1.82, 2.24) is 25.2 Å². The lowest BCUT2D eigenvalue weighted by Crippen LogP contribution is -2.42. The summed E-state index contributed by atoms with van der Waals surface area (Å²) in [6, 6.07) is 2.79. The number of carbonyl (C=O) groups excluding carboxylic acids is 2. The van der Waals surface area contributed by atoms with Gasteiger partial charge in [0.05, 0.1) is 23.3 Å². The summed E-state index contributed by atoms with van der Waals surface area (Å²) in [5.74, 6) is -0.170. The zero-order valence-corrected chi connectivity index (χ0v) is 21.8. The van der Waals surface area contributed by atoms with Crippen molar-refractivity contribution in [3.8, 4) is 17.0 Å². The largest absolute Gasteiger partial charge is 0.493 e. The second kappa shape index (κ2) is 10.1. The molecule has 2 fully saturated rings. The second-order valence-electron chi connectivity index (χ2n) is 10.5. The minimum absolute atomic E-state index is 0.156. The van der Waals surface area contributed by atoms with Gasteiger partial charge in [-0.15, -0.1) is 0 Å². The van der Waals surface area contributed by atoms with Crippen LogP contribution >= 0.6 is 0 Å². The first kappa shape index (κ1) is 26.9. The number of ether oxygens (including phenoxy) is 1. The molecule has 2 amide bonds. The monoisotopic (exact) mass is 545 g/mol. The summed E-state index contributed by atoms with van der Waals surface area (Å²) >= 11 is 0. The molecule has 3 atom stereocenters.